The highest BCUT2D eigenvalue weighted by atomic mass is 16.5. The molecule has 19 heavy (non-hydrogen) atoms. The summed E-state index contributed by atoms with van der Waals surface area (Å²) in [7, 11) is 1.67. The first kappa shape index (κ1) is 15.3. The Hall–Kier alpha value is -1.75. The van der Waals surface area contributed by atoms with Crippen molar-refractivity contribution in [2.24, 2.45) is 10.9 Å². The Bertz CT molecular complexity index is 421. The molecule has 1 rings (SSSR count). The molecule has 1 aromatic rings. The molecule has 0 saturated carbocycles. The lowest BCUT2D eigenvalue weighted by Crippen LogP contribution is -2.35. The zero-order valence-corrected chi connectivity index (χ0v) is 11.8. The minimum Gasteiger partial charge on any atom is -0.496 e. The number of nitrogens with zero attached hydrogens (tertiary/aromatic N) is 1. The van der Waals surface area contributed by atoms with E-state index >= 15 is 0 Å². The summed E-state index contributed by atoms with van der Waals surface area (Å²) in [6.45, 7) is 4.14. The molecular weight excluding hydrogens is 242 g/mol. The van der Waals surface area contributed by atoms with Gasteiger partial charge in [0.2, 0.25) is 0 Å². The molecule has 5 nitrogen and oxygen atoms in total. The molecule has 0 aromatic heterocycles. The normalized spacial score (nSPS) is 15.0. The third-order valence-corrected chi connectivity index (χ3v) is 3.17. The largest absolute Gasteiger partial charge is 0.496 e. The van der Waals surface area contributed by atoms with E-state index in [1.807, 2.05) is 24.3 Å². The van der Waals surface area contributed by atoms with Gasteiger partial charge >= 0.3 is 0 Å². The molecule has 2 atom stereocenters. The molecule has 0 aliphatic rings. The highest BCUT2D eigenvalue weighted by molar-refractivity contribution is 5.80. The van der Waals surface area contributed by atoms with E-state index in [-0.39, 0.29) is 17.9 Å². The number of para-hydroxylation sites is 1. The van der Waals surface area contributed by atoms with Gasteiger partial charge in [0.25, 0.3) is 0 Å². The van der Waals surface area contributed by atoms with Gasteiger partial charge in [-0.3, -0.25) is 0 Å². The van der Waals surface area contributed by atoms with E-state index < -0.39 is 0 Å². The van der Waals surface area contributed by atoms with E-state index in [4.69, 9.17) is 15.7 Å². The van der Waals surface area contributed by atoms with Gasteiger partial charge in [0.1, 0.15) is 11.6 Å². The number of amidine groups is 1. The minimum atomic E-state index is 0.132. The minimum absolute atomic E-state index is 0.132. The zero-order chi connectivity index (χ0) is 14.3. The molecule has 1 unspecified atom stereocenters. The molecule has 0 spiro atoms. The number of rotatable bonds is 7. The van der Waals surface area contributed by atoms with Crippen LogP contribution in [0.25, 0.3) is 0 Å². The predicted octanol–water partition coefficient (Wildman–Crippen LogP) is 2.26. The number of oxime groups is 1. The fraction of sp³-hybridized carbons (Fsp3) is 0.500. The van der Waals surface area contributed by atoms with Crippen molar-refractivity contribution < 1.29 is 9.94 Å². The molecule has 0 amide bonds. The molecule has 0 aliphatic carbocycles. The summed E-state index contributed by atoms with van der Waals surface area (Å²) in [6.07, 6.45) is 1.42. The fourth-order valence-corrected chi connectivity index (χ4v) is 2.08. The summed E-state index contributed by atoms with van der Waals surface area (Å²) in [5.41, 5.74) is 6.66. The van der Waals surface area contributed by atoms with Gasteiger partial charge in [0.15, 0.2) is 0 Å². The van der Waals surface area contributed by atoms with Crippen molar-refractivity contribution >= 4 is 5.84 Å². The average Bonchev–Trinajstić information content (AvgIpc) is 2.45. The number of benzene rings is 1. The van der Waals surface area contributed by atoms with Gasteiger partial charge in [0.05, 0.1) is 7.11 Å². The standard InChI is InChI=1S/C14H23N3O2/c1-4-11(9-14(15)17-18)16-10(2)12-7-5-6-8-13(12)19-3/h5-8,10-11,16,18H,4,9H2,1-3H3,(H2,15,17)/t10-,11?/m0/s1. The number of hydrogen-bond donors (Lipinski definition) is 3. The van der Waals surface area contributed by atoms with Gasteiger partial charge in [-0.2, -0.15) is 0 Å². The maximum absolute atomic E-state index is 8.63. The van der Waals surface area contributed by atoms with E-state index in [0.29, 0.717) is 6.42 Å². The number of nitrogens with one attached hydrogen (secondary N) is 1. The van der Waals surface area contributed by atoms with E-state index in [1.54, 1.807) is 7.11 Å². The summed E-state index contributed by atoms with van der Waals surface area (Å²) in [4.78, 5) is 0. The molecule has 5 heteroatoms. The lowest BCUT2D eigenvalue weighted by atomic mass is 10.0. The van der Waals surface area contributed by atoms with Crippen molar-refractivity contribution in [1.29, 1.82) is 0 Å². The van der Waals surface area contributed by atoms with Gasteiger partial charge < -0.3 is 21.0 Å². The molecule has 1 aromatic carbocycles. The molecule has 0 aliphatic heterocycles. The van der Waals surface area contributed by atoms with Crippen molar-refractivity contribution in [2.75, 3.05) is 7.11 Å². The smallest absolute Gasteiger partial charge is 0.140 e. The highest BCUT2D eigenvalue weighted by Gasteiger charge is 2.16. The van der Waals surface area contributed by atoms with E-state index in [2.05, 4.69) is 24.3 Å². The molecule has 106 valence electrons. The van der Waals surface area contributed by atoms with Crippen LogP contribution >= 0.6 is 0 Å². The predicted molar refractivity (Wildman–Crippen MR) is 76.6 cm³/mol. The maximum Gasteiger partial charge on any atom is 0.140 e. The molecular formula is C14H23N3O2. The van der Waals surface area contributed by atoms with Gasteiger partial charge in [-0.1, -0.05) is 30.3 Å². The first-order valence-electron chi connectivity index (χ1n) is 6.47. The van der Waals surface area contributed by atoms with Crippen LogP contribution in [-0.4, -0.2) is 24.2 Å². The quantitative estimate of drug-likeness (QED) is 0.306. The first-order chi connectivity index (χ1) is 9.12. The SMILES string of the molecule is CCC(C/C(N)=N/O)N[C@@H](C)c1ccccc1OC. The van der Waals surface area contributed by atoms with Gasteiger partial charge in [-0.15, -0.1) is 0 Å². The lowest BCUT2D eigenvalue weighted by Gasteiger charge is -2.23. The topological polar surface area (TPSA) is 79.9 Å². The number of methoxy groups -OCH3 is 1. The summed E-state index contributed by atoms with van der Waals surface area (Å²) < 4.78 is 5.36. The van der Waals surface area contributed by atoms with Crippen LogP contribution < -0.4 is 15.8 Å². The molecule has 0 saturated heterocycles. The lowest BCUT2D eigenvalue weighted by molar-refractivity contribution is 0.314. The van der Waals surface area contributed by atoms with E-state index in [9.17, 15) is 0 Å². The first-order valence-corrected chi connectivity index (χ1v) is 6.47. The molecule has 0 bridgehead atoms. The monoisotopic (exact) mass is 265 g/mol. The van der Waals surface area contributed by atoms with Crippen LogP contribution in [0.1, 0.15) is 38.3 Å². The third kappa shape index (κ3) is 4.44. The second kappa shape index (κ2) is 7.63. The summed E-state index contributed by atoms with van der Waals surface area (Å²) in [5.74, 6) is 1.10. The summed E-state index contributed by atoms with van der Waals surface area (Å²) in [5, 5.41) is 15.1. The van der Waals surface area contributed by atoms with Gasteiger partial charge in [-0.05, 0) is 19.4 Å². The van der Waals surface area contributed by atoms with Gasteiger partial charge in [-0.25, -0.2) is 0 Å². The summed E-state index contributed by atoms with van der Waals surface area (Å²) >= 11 is 0. The van der Waals surface area contributed by atoms with Crippen LogP contribution in [0.5, 0.6) is 5.75 Å². The Balaban J connectivity index is 2.74. The van der Waals surface area contributed by atoms with Crippen LogP contribution in [0.4, 0.5) is 0 Å². The van der Waals surface area contributed by atoms with Crippen molar-refractivity contribution in [2.45, 2.75) is 38.8 Å². The maximum atomic E-state index is 8.63. The fourth-order valence-electron chi connectivity index (χ4n) is 2.08. The molecule has 0 radical (unpaired) electrons. The Labute approximate surface area is 114 Å². The Morgan fingerprint density at radius 2 is 2.16 bits per heavy atom. The van der Waals surface area contributed by atoms with E-state index in [1.165, 1.54) is 0 Å². The average molecular weight is 265 g/mol. The van der Waals surface area contributed by atoms with Crippen molar-refractivity contribution in [3.63, 3.8) is 0 Å². The van der Waals surface area contributed by atoms with Crippen LogP contribution in [0, 0.1) is 0 Å². The number of ether oxygens (including phenoxy) is 1. The molecule has 4 N–H and O–H groups in total. The second-order valence-corrected chi connectivity index (χ2v) is 4.53. The molecule has 0 heterocycles. The van der Waals surface area contributed by atoms with Crippen molar-refractivity contribution in [3.05, 3.63) is 29.8 Å². The van der Waals surface area contributed by atoms with Crippen LogP contribution in [0.15, 0.2) is 29.4 Å². The van der Waals surface area contributed by atoms with Gasteiger partial charge in [0, 0.05) is 24.1 Å². The van der Waals surface area contributed by atoms with Crippen LogP contribution in [0.3, 0.4) is 0 Å². The van der Waals surface area contributed by atoms with Crippen LogP contribution in [-0.2, 0) is 0 Å². The number of nitrogens with two attached hydrogens (primary N) is 1. The van der Waals surface area contributed by atoms with Crippen molar-refractivity contribution in [1.82, 2.24) is 5.32 Å². The second-order valence-electron chi connectivity index (χ2n) is 4.53. The zero-order valence-electron chi connectivity index (χ0n) is 11.8. The number of hydrogen-bond acceptors (Lipinski definition) is 4. The summed E-state index contributed by atoms with van der Waals surface area (Å²) in [6, 6.07) is 8.21. The Morgan fingerprint density at radius 3 is 2.74 bits per heavy atom. The van der Waals surface area contributed by atoms with Crippen LogP contribution in [0.2, 0.25) is 0 Å². The molecule has 0 fully saturated rings. The van der Waals surface area contributed by atoms with Crippen molar-refractivity contribution in [3.8, 4) is 5.75 Å². The Morgan fingerprint density at radius 1 is 1.47 bits per heavy atom. The Kier molecular flexibility index (Phi) is 6.15. The highest BCUT2D eigenvalue weighted by Crippen LogP contribution is 2.25. The third-order valence-electron chi connectivity index (χ3n) is 3.17. The van der Waals surface area contributed by atoms with E-state index in [0.717, 1.165) is 17.7 Å².